The summed E-state index contributed by atoms with van der Waals surface area (Å²) in [5.74, 6) is -4.49. The van der Waals surface area contributed by atoms with Crippen LogP contribution in [0.2, 0.25) is 5.02 Å². The number of halogens is 4. The highest BCUT2D eigenvalue weighted by molar-refractivity contribution is 6.31. The summed E-state index contributed by atoms with van der Waals surface area (Å²) >= 11 is 5.63. The molecule has 0 aromatic heterocycles. The topological polar surface area (TPSA) is 78.5 Å². The third kappa shape index (κ3) is 3.53. The zero-order valence-electron chi connectivity index (χ0n) is 14.4. The molecule has 28 heavy (non-hydrogen) atoms. The van der Waals surface area contributed by atoms with E-state index in [1.165, 1.54) is 25.1 Å². The SMILES string of the molecule is CC1(c2ccc(F)c(F)c2)NC(=O)N(CC(=O)Nc2ccc(F)c(Cl)c2)C1=O. The minimum Gasteiger partial charge on any atom is -0.324 e. The minimum atomic E-state index is -1.66. The first kappa shape index (κ1) is 19.7. The Bertz CT molecular complexity index is 1000. The Morgan fingerprint density at radius 3 is 2.43 bits per heavy atom. The smallest absolute Gasteiger partial charge is 0.324 e. The molecule has 6 nitrogen and oxygen atoms in total. The van der Waals surface area contributed by atoms with Gasteiger partial charge < -0.3 is 10.6 Å². The fourth-order valence-electron chi connectivity index (χ4n) is 2.76. The summed E-state index contributed by atoms with van der Waals surface area (Å²) < 4.78 is 39.8. The third-order valence-electron chi connectivity index (χ3n) is 4.28. The van der Waals surface area contributed by atoms with Crippen molar-refractivity contribution in [3.05, 3.63) is 64.4 Å². The number of hydrogen-bond acceptors (Lipinski definition) is 3. The number of imide groups is 1. The number of rotatable bonds is 4. The fraction of sp³-hybridized carbons (Fsp3) is 0.167. The monoisotopic (exact) mass is 411 g/mol. The van der Waals surface area contributed by atoms with E-state index in [-0.39, 0.29) is 16.3 Å². The Balaban J connectivity index is 1.76. The first-order chi connectivity index (χ1) is 13.1. The van der Waals surface area contributed by atoms with Crippen LogP contribution in [-0.4, -0.2) is 29.3 Å². The van der Waals surface area contributed by atoms with Gasteiger partial charge in [-0.05, 0) is 42.8 Å². The maximum Gasteiger partial charge on any atom is 0.325 e. The summed E-state index contributed by atoms with van der Waals surface area (Å²) in [6, 6.07) is 5.42. The molecule has 0 saturated carbocycles. The maximum absolute atomic E-state index is 13.5. The van der Waals surface area contributed by atoms with Crippen molar-refractivity contribution in [2.45, 2.75) is 12.5 Å². The van der Waals surface area contributed by atoms with E-state index in [4.69, 9.17) is 11.6 Å². The molecular formula is C18H13ClF3N3O3. The zero-order valence-corrected chi connectivity index (χ0v) is 15.1. The number of carbonyl (C=O) groups excluding carboxylic acids is 3. The number of nitrogens with zero attached hydrogens (tertiary/aromatic N) is 1. The van der Waals surface area contributed by atoms with Crippen molar-refractivity contribution < 1.29 is 27.6 Å². The lowest BCUT2D eigenvalue weighted by Crippen LogP contribution is -2.42. The van der Waals surface area contributed by atoms with Crippen LogP contribution in [-0.2, 0) is 15.1 Å². The van der Waals surface area contributed by atoms with Crippen molar-refractivity contribution in [2.75, 3.05) is 11.9 Å². The average molecular weight is 412 g/mol. The highest BCUT2D eigenvalue weighted by Crippen LogP contribution is 2.29. The zero-order chi connectivity index (χ0) is 20.6. The summed E-state index contributed by atoms with van der Waals surface area (Å²) in [6.45, 7) is 0.677. The largest absolute Gasteiger partial charge is 0.325 e. The molecule has 0 spiro atoms. The molecule has 0 radical (unpaired) electrons. The Labute approximate surface area is 162 Å². The molecule has 1 unspecified atom stereocenters. The molecule has 1 fully saturated rings. The van der Waals surface area contributed by atoms with E-state index in [9.17, 15) is 27.6 Å². The van der Waals surface area contributed by atoms with Gasteiger partial charge in [-0.3, -0.25) is 14.5 Å². The highest BCUT2D eigenvalue weighted by Gasteiger charge is 2.49. The van der Waals surface area contributed by atoms with Crippen molar-refractivity contribution in [2.24, 2.45) is 0 Å². The van der Waals surface area contributed by atoms with Gasteiger partial charge in [0.25, 0.3) is 5.91 Å². The standard InChI is InChI=1S/C18H13ClF3N3O3/c1-18(9-2-4-13(21)14(22)6-9)16(27)25(17(28)24-18)8-15(26)23-10-3-5-12(20)11(19)7-10/h2-7H,8H2,1H3,(H,23,26)(H,24,28). The number of benzene rings is 2. The van der Waals surface area contributed by atoms with E-state index < -0.39 is 47.4 Å². The van der Waals surface area contributed by atoms with E-state index in [1.54, 1.807) is 0 Å². The molecule has 3 rings (SSSR count). The predicted molar refractivity (Wildman–Crippen MR) is 94.0 cm³/mol. The molecule has 2 aromatic carbocycles. The molecule has 146 valence electrons. The quantitative estimate of drug-likeness (QED) is 0.759. The predicted octanol–water partition coefficient (Wildman–Crippen LogP) is 3.16. The molecule has 2 N–H and O–H groups in total. The molecule has 1 atom stereocenters. The van der Waals surface area contributed by atoms with Crippen LogP contribution in [0.15, 0.2) is 36.4 Å². The normalized spacial score (nSPS) is 19.0. The molecule has 4 amide bonds. The van der Waals surface area contributed by atoms with Crippen LogP contribution in [0.1, 0.15) is 12.5 Å². The van der Waals surface area contributed by atoms with Gasteiger partial charge in [0, 0.05) is 5.69 Å². The number of nitrogens with one attached hydrogen (secondary N) is 2. The van der Waals surface area contributed by atoms with Gasteiger partial charge in [0.1, 0.15) is 17.9 Å². The number of urea groups is 1. The first-order valence-corrected chi connectivity index (χ1v) is 8.34. The second-order valence-electron chi connectivity index (χ2n) is 6.25. The summed E-state index contributed by atoms with van der Waals surface area (Å²) in [5.41, 5.74) is -1.46. The minimum absolute atomic E-state index is 0.0259. The van der Waals surface area contributed by atoms with Crippen LogP contribution in [0, 0.1) is 17.5 Å². The van der Waals surface area contributed by atoms with Crippen molar-refractivity contribution in [1.29, 1.82) is 0 Å². The van der Waals surface area contributed by atoms with Crippen LogP contribution in [0.5, 0.6) is 0 Å². The number of amides is 4. The van der Waals surface area contributed by atoms with E-state index in [0.717, 1.165) is 18.2 Å². The van der Waals surface area contributed by atoms with Crippen molar-refractivity contribution >= 4 is 35.1 Å². The Kier molecular flexibility index (Phi) is 5.03. The maximum atomic E-state index is 13.5. The van der Waals surface area contributed by atoms with Crippen molar-refractivity contribution in [3.63, 3.8) is 0 Å². The molecule has 1 aliphatic heterocycles. The second-order valence-corrected chi connectivity index (χ2v) is 6.66. The van der Waals surface area contributed by atoms with Crippen LogP contribution < -0.4 is 10.6 Å². The van der Waals surface area contributed by atoms with Gasteiger partial charge in [-0.1, -0.05) is 17.7 Å². The highest BCUT2D eigenvalue weighted by atomic mass is 35.5. The molecule has 2 aromatic rings. The lowest BCUT2D eigenvalue weighted by atomic mass is 9.92. The lowest BCUT2D eigenvalue weighted by Gasteiger charge is -2.22. The Morgan fingerprint density at radius 1 is 1.11 bits per heavy atom. The molecule has 0 aliphatic carbocycles. The van der Waals surface area contributed by atoms with Gasteiger partial charge in [0.2, 0.25) is 5.91 Å². The summed E-state index contributed by atoms with van der Waals surface area (Å²) in [4.78, 5) is 37.7. The van der Waals surface area contributed by atoms with Crippen LogP contribution >= 0.6 is 11.6 Å². The van der Waals surface area contributed by atoms with E-state index in [1.807, 2.05) is 0 Å². The fourth-order valence-corrected chi connectivity index (χ4v) is 2.94. The molecule has 1 heterocycles. The number of hydrogen-bond donors (Lipinski definition) is 2. The van der Waals surface area contributed by atoms with Gasteiger partial charge in [-0.15, -0.1) is 0 Å². The van der Waals surface area contributed by atoms with E-state index in [0.29, 0.717) is 4.90 Å². The average Bonchev–Trinajstić information content (AvgIpc) is 2.84. The van der Waals surface area contributed by atoms with Crippen molar-refractivity contribution in [3.8, 4) is 0 Å². The summed E-state index contributed by atoms with van der Waals surface area (Å²) in [5, 5.41) is 4.56. The number of anilines is 1. The number of carbonyl (C=O) groups is 3. The molecule has 1 aliphatic rings. The van der Waals surface area contributed by atoms with Gasteiger partial charge in [-0.2, -0.15) is 0 Å². The van der Waals surface area contributed by atoms with E-state index >= 15 is 0 Å². The Hall–Kier alpha value is -3.07. The molecular weight excluding hydrogens is 399 g/mol. The van der Waals surface area contributed by atoms with Crippen LogP contribution in [0.4, 0.5) is 23.7 Å². The first-order valence-electron chi connectivity index (χ1n) is 7.96. The molecule has 0 bridgehead atoms. The third-order valence-corrected chi connectivity index (χ3v) is 4.57. The van der Waals surface area contributed by atoms with Crippen LogP contribution in [0.25, 0.3) is 0 Å². The summed E-state index contributed by atoms with van der Waals surface area (Å²) in [7, 11) is 0. The van der Waals surface area contributed by atoms with Crippen molar-refractivity contribution in [1.82, 2.24) is 10.2 Å². The molecule has 10 heteroatoms. The van der Waals surface area contributed by atoms with Gasteiger partial charge in [0.15, 0.2) is 11.6 Å². The van der Waals surface area contributed by atoms with Gasteiger partial charge in [-0.25, -0.2) is 18.0 Å². The van der Waals surface area contributed by atoms with E-state index in [2.05, 4.69) is 10.6 Å². The lowest BCUT2D eigenvalue weighted by molar-refractivity contribution is -0.133. The Morgan fingerprint density at radius 2 is 1.79 bits per heavy atom. The molecule has 1 saturated heterocycles. The van der Waals surface area contributed by atoms with Crippen LogP contribution in [0.3, 0.4) is 0 Å². The summed E-state index contributed by atoms with van der Waals surface area (Å²) in [6.07, 6.45) is 0. The second kappa shape index (κ2) is 7.16. The van der Waals surface area contributed by atoms with Gasteiger partial charge in [0.05, 0.1) is 5.02 Å². The van der Waals surface area contributed by atoms with Gasteiger partial charge >= 0.3 is 6.03 Å².